The number of nitrogens with two attached hydrogens (primary N) is 1. The van der Waals surface area contributed by atoms with Gasteiger partial charge in [-0.1, -0.05) is 0 Å². The van der Waals surface area contributed by atoms with Crippen molar-refractivity contribution in [1.29, 1.82) is 0 Å². The first-order valence-electron chi connectivity index (χ1n) is 3.98. The molecule has 0 aromatic rings. The van der Waals surface area contributed by atoms with Crippen molar-refractivity contribution in [1.82, 2.24) is 10.0 Å². The van der Waals surface area contributed by atoms with Crippen molar-refractivity contribution in [2.45, 2.75) is 31.4 Å². The maximum Gasteiger partial charge on any atom is 0.238 e. The van der Waals surface area contributed by atoms with E-state index in [9.17, 15) is 8.42 Å². The minimum Gasteiger partial charge on any atom is -0.358 e. The molecule has 0 aromatic carbocycles. The first-order valence-corrected chi connectivity index (χ1v) is 5.52. The maximum absolute atomic E-state index is 11.5. The Balaban J connectivity index is 2.75. The Labute approximate surface area is 77.7 Å². The van der Waals surface area contributed by atoms with Crippen molar-refractivity contribution in [2.24, 2.45) is 10.7 Å². The van der Waals surface area contributed by atoms with Gasteiger partial charge in [-0.25, -0.2) is 13.1 Å². The summed E-state index contributed by atoms with van der Waals surface area (Å²) in [5, 5.41) is 1.69. The van der Waals surface area contributed by atoms with E-state index in [-0.39, 0.29) is 6.04 Å². The maximum atomic E-state index is 11.5. The number of aliphatic imine (C=N–C) groups is 1. The summed E-state index contributed by atoms with van der Waals surface area (Å²) in [5.74, 6) is 0. The Morgan fingerprint density at radius 2 is 2.23 bits per heavy atom. The molecule has 1 rings (SSSR count). The van der Waals surface area contributed by atoms with Crippen LogP contribution in [0, 0.1) is 0 Å². The highest BCUT2D eigenvalue weighted by atomic mass is 32.2. The van der Waals surface area contributed by atoms with Gasteiger partial charge in [-0.15, -0.1) is 0 Å². The first-order chi connectivity index (χ1) is 5.93. The fourth-order valence-corrected chi connectivity index (χ4v) is 2.53. The van der Waals surface area contributed by atoms with Crippen LogP contribution >= 0.6 is 0 Å². The summed E-state index contributed by atoms with van der Waals surface area (Å²) in [5.41, 5.74) is 5.49. The molecule has 1 aliphatic rings. The molecule has 2 unspecified atom stereocenters. The minimum absolute atomic E-state index is 0.145. The zero-order valence-electron chi connectivity index (χ0n) is 7.56. The third kappa shape index (κ3) is 2.39. The summed E-state index contributed by atoms with van der Waals surface area (Å²) in [6.07, 6.45) is 0.658. The lowest BCUT2D eigenvalue weighted by atomic mass is 10.4. The van der Waals surface area contributed by atoms with E-state index in [2.05, 4.69) is 15.0 Å². The second-order valence-corrected chi connectivity index (χ2v) is 4.99. The highest BCUT2D eigenvalue weighted by Crippen LogP contribution is 2.07. The molecule has 6 nitrogen and oxygen atoms in total. The first kappa shape index (κ1) is 10.4. The Hall–Kier alpha value is -0.660. The molecule has 2 atom stereocenters. The molecule has 1 aliphatic heterocycles. The number of sulfonamides is 1. The van der Waals surface area contributed by atoms with Gasteiger partial charge < -0.3 is 11.1 Å². The summed E-state index contributed by atoms with van der Waals surface area (Å²) < 4.78 is 25.4. The van der Waals surface area contributed by atoms with Gasteiger partial charge in [0, 0.05) is 6.04 Å². The third-order valence-electron chi connectivity index (χ3n) is 1.51. The largest absolute Gasteiger partial charge is 0.358 e. The van der Waals surface area contributed by atoms with Crippen LogP contribution in [0.3, 0.4) is 0 Å². The van der Waals surface area contributed by atoms with Crippen LogP contribution in [0.4, 0.5) is 0 Å². The van der Waals surface area contributed by atoms with E-state index >= 15 is 0 Å². The van der Waals surface area contributed by atoms with Crippen LogP contribution in [0.5, 0.6) is 0 Å². The molecule has 4 N–H and O–H groups in total. The number of hydrogen-bond donors (Lipinski definition) is 3. The molecule has 0 saturated carbocycles. The van der Waals surface area contributed by atoms with Crippen molar-refractivity contribution in [3.63, 3.8) is 0 Å². The fraction of sp³-hybridized carbons (Fsp3) is 0.833. The van der Waals surface area contributed by atoms with Gasteiger partial charge in [0.1, 0.15) is 6.17 Å². The summed E-state index contributed by atoms with van der Waals surface area (Å²) in [7, 11) is -3.44. The third-order valence-corrected chi connectivity index (χ3v) is 3.36. The van der Waals surface area contributed by atoms with Gasteiger partial charge in [0.2, 0.25) is 10.0 Å². The molecule has 7 heteroatoms. The molecule has 0 saturated heterocycles. The van der Waals surface area contributed by atoms with Crippen LogP contribution in [-0.4, -0.2) is 32.3 Å². The van der Waals surface area contributed by atoms with Gasteiger partial charge >= 0.3 is 0 Å². The molecule has 0 bridgehead atoms. The van der Waals surface area contributed by atoms with Gasteiger partial charge in [-0.3, -0.25) is 4.99 Å². The monoisotopic (exact) mass is 206 g/mol. The molecule has 0 amide bonds. The smallest absolute Gasteiger partial charge is 0.238 e. The van der Waals surface area contributed by atoms with E-state index in [1.54, 1.807) is 13.8 Å². The summed E-state index contributed by atoms with van der Waals surface area (Å²) in [4.78, 5) is 3.73. The molecule has 1 heterocycles. The summed E-state index contributed by atoms with van der Waals surface area (Å²) in [6.45, 7) is 3.49. The Morgan fingerprint density at radius 1 is 1.62 bits per heavy atom. The molecule has 0 aromatic heterocycles. The predicted molar refractivity (Wildman–Crippen MR) is 50.6 cm³/mol. The second-order valence-electron chi connectivity index (χ2n) is 3.18. The minimum atomic E-state index is -3.44. The SMILES string of the molecule is CC(C)NS(=O)(=O)C1N=CNC1N. The Kier molecular flexibility index (Phi) is 2.89. The second kappa shape index (κ2) is 3.60. The lowest BCUT2D eigenvalue weighted by Crippen LogP contribution is -2.49. The molecule has 13 heavy (non-hydrogen) atoms. The average Bonchev–Trinajstić information content (AvgIpc) is 2.32. The van der Waals surface area contributed by atoms with Crippen LogP contribution in [-0.2, 0) is 10.0 Å². The molecule has 0 spiro atoms. The van der Waals surface area contributed by atoms with Crippen molar-refractivity contribution in [2.75, 3.05) is 0 Å². The van der Waals surface area contributed by atoms with E-state index in [4.69, 9.17) is 5.73 Å². The number of rotatable bonds is 3. The average molecular weight is 206 g/mol. The van der Waals surface area contributed by atoms with Crippen LogP contribution in [0.2, 0.25) is 0 Å². The van der Waals surface area contributed by atoms with E-state index < -0.39 is 21.6 Å². The number of hydrogen-bond acceptors (Lipinski definition) is 5. The van der Waals surface area contributed by atoms with Crippen molar-refractivity contribution in [3.05, 3.63) is 0 Å². The van der Waals surface area contributed by atoms with Gasteiger partial charge in [0.05, 0.1) is 6.34 Å². The van der Waals surface area contributed by atoms with Gasteiger partial charge in [-0.2, -0.15) is 0 Å². The zero-order chi connectivity index (χ0) is 10.1. The van der Waals surface area contributed by atoms with E-state index in [0.717, 1.165) is 0 Å². The fourth-order valence-electron chi connectivity index (χ4n) is 1.05. The van der Waals surface area contributed by atoms with Crippen molar-refractivity contribution >= 4 is 16.4 Å². The molecule has 0 fully saturated rings. The molecular weight excluding hydrogens is 192 g/mol. The van der Waals surface area contributed by atoms with Crippen molar-refractivity contribution < 1.29 is 8.42 Å². The summed E-state index contributed by atoms with van der Waals surface area (Å²) >= 11 is 0. The van der Waals surface area contributed by atoms with E-state index in [1.165, 1.54) is 6.34 Å². The van der Waals surface area contributed by atoms with Crippen LogP contribution in [0.25, 0.3) is 0 Å². The highest BCUT2D eigenvalue weighted by Gasteiger charge is 2.33. The number of nitrogens with one attached hydrogen (secondary N) is 2. The molecular formula is C6H14N4O2S. The van der Waals surface area contributed by atoms with Crippen molar-refractivity contribution in [3.8, 4) is 0 Å². The van der Waals surface area contributed by atoms with Gasteiger partial charge in [0.25, 0.3) is 0 Å². The number of nitrogens with zero attached hydrogens (tertiary/aromatic N) is 1. The van der Waals surface area contributed by atoms with Crippen LogP contribution < -0.4 is 15.8 Å². The van der Waals surface area contributed by atoms with Crippen LogP contribution in [0.1, 0.15) is 13.8 Å². The highest BCUT2D eigenvalue weighted by molar-refractivity contribution is 7.90. The Bertz CT molecular complexity index is 298. The van der Waals surface area contributed by atoms with Gasteiger partial charge in [0.15, 0.2) is 5.37 Å². The van der Waals surface area contributed by atoms with E-state index in [1.807, 2.05) is 0 Å². The summed E-state index contributed by atoms with van der Waals surface area (Å²) in [6, 6.07) is -0.145. The predicted octanol–water partition coefficient (Wildman–Crippen LogP) is -1.44. The zero-order valence-corrected chi connectivity index (χ0v) is 8.38. The van der Waals surface area contributed by atoms with Crippen LogP contribution in [0.15, 0.2) is 4.99 Å². The molecule has 76 valence electrons. The van der Waals surface area contributed by atoms with E-state index in [0.29, 0.717) is 0 Å². The molecule has 0 radical (unpaired) electrons. The normalized spacial score (nSPS) is 28.0. The lowest BCUT2D eigenvalue weighted by Gasteiger charge is -2.16. The lowest BCUT2D eigenvalue weighted by molar-refractivity contribution is 0.534. The quantitative estimate of drug-likeness (QED) is 0.526. The standard InChI is InChI=1S/C6H14N4O2S/c1-4(2)10-13(11,12)6-5(7)8-3-9-6/h3-6,10H,7H2,1-2H3,(H,8,9). The molecule has 0 aliphatic carbocycles. The topological polar surface area (TPSA) is 96.6 Å². The Morgan fingerprint density at radius 3 is 2.62 bits per heavy atom. The van der Waals surface area contributed by atoms with Gasteiger partial charge in [-0.05, 0) is 13.8 Å².